The summed E-state index contributed by atoms with van der Waals surface area (Å²) in [5.41, 5.74) is 2.77. The van der Waals surface area contributed by atoms with Crippen LogP contribution in [0.4, 0.5) is 27.4 Å². The molecule has 0 bridgehead atoms. The van der Waals surface area contributed by atoms with E-state index in [0.29, 0.717) is 11.2 Å². The van der Waals surface area contributed by atoms with Crippen LogP contribution < -0.4 is 15.0 Å². The number of benzene rings is 1. The number of hydrogen-bond donors (Lipinski definition) is 1. The molecule has 4 heterocycles. The lowest BCUT2D eigenvalue weighted by Crippen LogP contribution is -2.44. The molecule has 0 unspecified atom stereocenters. The van der Waals surface area contributed by atoms with Gasteiger partial charge < -0.3 is 24.4 Å². The second-order valence-electron chi connectivity index (χ2n) is 8.56. The molecule has 0 amide bonds. The third-order valence-electron chi connectivity index (χ3n) is 6.33. The third-order valence-corrected chi connectivity index (χ3v) is 6.33. The molecule has 4 aromatic rings. The molecule has 1 N–H and O–H groups in total. The molecule has 1 fully saturated rings. The van der Waals surface area contributed by atoms with E-state index in [9.17, 15) is 0 Å². The summed E-state index contributed by atoms with van der Waals surface area (Å²) in [7, 11) is 4.00. The summed E-state index contributed by atoms with van der Waals surface area (Å²) in [6.07, 6.45) is 3.07. The topological polar surface area (TPSA) is 75.7 Å². The fraction of sp³-hybridized carbons (Fsp3) is 0.280. The van der Waals surface area contributed by atoms with Crippen molar-refractivity contribution in [1.82, 2.24) is 24.4 Å². The molecule has 178 valence electrons. The number of hydrogen-bond acceptors (Lipinski definition) is 7. The highest BCUT2D eigenvalue weighted by molar-refractivity contribution is 5.84. The van der Waals surface area contributed by atoms with Crippen LogP contribution in [0.1, 0.15) is 5.69 Å². The first-order valence-corrected chi connectivity index (χ1v) is 11.3. The van der Waals surface area contributed by atoms with Crippen LogP contribution in [0.3, 0.4) is 0 Å². The van der Waals surface area contributed by atoms with Crippen molar-refractivity contribution in [3.8, 4) is 11.6 Å². The van der Waals surface area contributed by atoms with E-state index in [0.717, 1.165) is 43.1 Å². The van der Waals surface area contributed by atoms with Gasteiger partial charge in [-0.05, 0) is 44.3 Å². The lowest BCUT2D eigenvalue weighted by molar-refractivity contribution is 0.313. The Morgan fingerprint density at radius 2 is 1.86 bits per heavy atom. The lowest BCUT2D eigenvalue weighted by atomic mass is 10.2. The average molecular weight is 473 g/mol. The van der Waals surface area contributed by atoms with Gasteiger partial charge in [0.1, 0.15) is 18.0 Å². The van der Waals surface area contributed by atoms with Crippen molar-refractivity contribution in [1.29, 1.82) is 0 Å². The fourth-order valence-corrected chi connectivity index (χ4v) is 4.13. The van der Waals surface area contributed by atoms with Crippen LogP contribution in [0.5, 0.6) is 11.6 Å². The van der Waals surface area contributed by atoms with Crippen molar-refractivity contribution < 1.29 is 9.13 Å². The van der Waals surface area contributed by atoms with Crippen LogP contribution in [0.25, 0.3) is 15.7 Å². The molecule has 0 spiro atoms. The lowest BCUT2D eigenvalue weighted by Gasteiger charge is -2.33. The Hall–Kier alpha value is -4.23. The zero-order valence-electron chi connectivity index (χ0n) is 19.8. The maximum atomic E-state index is 15.2. The number of ether oxygens (including phenoxy) is 1. The number of piperazine rings is 1. The number of likely N-dealkylation sites (N-methyl/N-ethyl adjacent to an activating group) is 1. The summed E-state index contributed by atoms with van der Waals surface area (Å²) < 4.78 is 22.8. The van der Waals surface area contributed by atoms with E-state index in [4.69, 9.17) is 11.3 Å². The molecule has 1 saturated heterocycles. The quantitative estimate of drug-likeness (QED) is 0.424. The average Bonchev–Trinajstić information content (AvgIpc) is 3.16. The van der Waals surface area contributed by atoms with E-state index >= 15 is 4.39 Å². The predicted octanol–water partition coefficient (Wildman–Crippen LogP) is 4.65. The standard InChI is InChI=1S/C25H25FN8O/c1-16-13-18-19(33(16)4)6-7-20(22(18)26)35-25-23(27-2)24(29-15-30-25)31-21-8-5-17(14-28-21)34-11-9-32(3)10-12-34/h5-8,13-15H,9-12H2,1,3-4H3,(H,28,29,30,31). The number of nitrogens with one attached hydrogen (secondary N) is 1. The first-order valence-electron chi connectivity index (χ1n) is 11.3. The number of halogens is 1. The zero-order chi connectivity index (χ0) is 24.5. The minimum absolute atomic E-state index is 0.00713. The zero-order valence-corrected chi connectivity index (χ0v) is 19.8. The number of nitrogens with zero attached hydrogens (tertiary/aromatic N) is 7. The maximum absolute atomic E-state index is 15.2. The Labute approximate surface area is 202 Å². The number of aromatic nitrogens is 4. The van der Waals surface area contributed by atoms with Gasteiger partial charge >= 0.3 is 0 Å². The Balaban J connectivity index is 1.38. The molecule has 35 heavy (non-hydrogen) atoms. The molecule has 0 aliphatic carbocycles. The van der Waals surface area contributed by atoms with E-state index in [1.807, 2.05) is 30.7 Å². The van der Waals surface area contributed by atoms with E-state index < -0.39 is 5.82 Å². The molecule has 1 aromatic carbocycles. The van der Waals surface area contributed by atoms with E-state index in [2.05, 4.69) is 42.0 Å². The van der Waals surface area contributed by atoms with Crippen LogP contribution >= 0.6 is 0 Å². The summed E-state index contributed by atoms with van der Waals surface area (Å²) in [5.74, 6) is 0.229. The van der Waals surface area contributed by atoms with Crippen LogP contribution in [-0.4, -0.2) is 57.6 Å². The Morgan fingerprint density at radius 1 is 1.06 bits per heavy atom. The van der Waals surface area contributed by atoms with Crippen molar-refractivity contribution in [2.45, 2.75) is 6.92 Å². The highest BCUT2D eigenvalue weighted by Gasteiger charge is 2.19. The van der Waals surface area contributed by atoms with Gasteiger partial charge in [-0.25, -0.2) is 24.2 Å². The number of rotatable bonds is 5. The molecule has 0 radical (unpaired) electrons. The molecule has 9 nitrogen and oxygen atoms in total. The molecular formula is C25H25FN8O. The smallest absolute Gasteiger partial charge is 0.288 e. The second kappa shape index (κ2) is 9.19. The second-order valence-corrected chi connectivity index (χ2v) is 8.56. The van der Waals surface area contributed by atoms with Gasteiger partial charge in [0, 0.05) is 44.3 Å². The highest BCUT2D eigenvalue weighted by atomic mass is 19.1. The molecule has 10 heteroatoms. The summed E-state index contributed by atoms with van der Waals surface area (Å²) in [4.78, 5) is 20.9. The predicted molar refractivity (Wildman–Crippen MR) is 133 cm³/mol. The summed E-state index contributed by atoms with van der Waals surface area (Å²) in [6, 6.07) is 8.92. The molecule has 1 aliphatic rings. The highest BCUT2D eigenvalue weighted by Crippen LogP contribution is 2.38. The minimum Gasteiger partial charge on any atom is -0.446 e. The Kier molecular flexibility index (Phi) is 5.93. The number of anilines is 3. The molecule has 5 rings (SSSR count). The molecule has 0 atom stereocenters. The van der Waals surface area contributed by atoms with Gasteiger partial charge in [0.05, 0.1) is 24.0 Å². The van der Waals surface area contributed by atoms with Crippen molar-refractivity contribution in [3.63, 3.8) is 0 Å². The van der Waals surface area contributed by atoms with E-state index in [1.165, 1.54) is 6.33 Å². The number of aryl methyl sites for hydroxylation is 2. The van der Waals surface area contributed by atoms with Gasteiger partial charge in [-0.2, -0.15) is 0 Å². The molecule has 0 saturated carbocycles. The van der Waals surface area contributed by atoms with Crippen molar-refractivity contribution >= 4 is 33.9 Å². The van der Waals surface area contributed by atoms with Gasteiger partial charge in [-0.1, -0.05) is 0 Å². The SMILES string of the molecule is [C-]#[N+]c1c(Nc2ccc(N3CCN(C)CC3)cn2)ncnc1Oc1ccc2c(cc(C)n2C)c1F. The first-order chi connectivity index (χ1) is 16.9. The first kappa shape index (κ1) is 22.6. The van der Waals surface area contributed by atoms with Gasteiger partial charge in [0.2, 0.25) is 5.88 Å². The van der Waals surface area contributed by atoms with Gasteiger partial charge in [0.25, 0.3) is 5.69 Å². The Bertz CT molecular complexity index is 1420. The summed E-state index contributed by atoms with van der Waals surface area (Å²) in [6.45, 7) is 13.5. The van der Waals surface area contributed by atoms with Gasteiger partial charge in [-0.15, -0.1) is 0 Å². The minimum atomic E-state index is -0.503. The van der Waals surface area contributed by atoms with Crippen LogP contribution in [0, 0.1) is 19.3 Å². The third kappa shape index (κ3) is 4.34. The fourth-order valence-electron chi connectivity index (χ4n) is 4.13. The normalized spacial score (nSPS) is 14.2. The number of fused-ring (bicyclic) bond motifs is 1. The van der Waals surface area contributed by atoms with Crippen molar-refractivity contribution in [2.75, 3.05) is 43.4 Å². The Morgan fingerprint density at radius 3 is 2.57 bits per heavy atom. The van der Waals surface area contributed by atoms with Crippen molar-refractivity contribution in [2.24, 2.45) is 7.05 Å². The van der Waals surface area contributed by atoms with Crippen LogP contribution in [0.2, 0.25) is 0 Å². The van der Waals surface area contributed by atoms with E-state index in [1.54, 1.807) is 24.4 Å². The molecule has 3 aromatic heterocycles. The van der Waals surface area contributed by atoms with E-state index in [-0.39, 0.29) is 23.1 Å². The van der Waals surface area contributed by atoms with Crippen molar-refractivity contribution in [3.05, 3.63) is 65.8 Å². The van der Waals surface area contributed by atoms with Crippen LogP contribution in [0.15, 0.2) is 42.9 Å². The van der Waals surface area contributed by atoms with Crippen LogP contribution in [-0.2, 0) is 7.05 Å². The largest absolute Gasteiger partial charge is 0.446 e. The maximum Gasteiger partial charge on any atom is 0.288 e. The summed E-state index contributed by atoms with van der Waals surface area (Å²) >= 11 is 0. The van der Waals surface area contributed by atoms with Gasteiger partial charge in [-0.3, -0.25) is 0 Å². The monoisotopic (exact) mass is 472 g/mol. The molecular weight excluding hydrogens is 447 g/mol. The summed E-state index contributed by atoms with van der Waals surface area (Å²) in [5, 5.41) is 3.51. The number of pyridine rings is 1. The molecule has 1 aliphatic heterocycles. The van der Waals surface area contributed by atoms with Gasteiger partial charge in [0.15, 0.2) is 11.6 Å².